The molecule has 1 fully saturated rings. The van der Waals surface area contributed by atoms with Gasteiger partial charge in [0.25, 0.3) is 0 Å². The average Bonchev–Trinajstić information content (AvgIpc) is 3.03. The number of fused-ring (bicyclic) bond motifs is 3. The second-order valence-corrected chi connectivity index (χ2v) is 5.21. The summed E-state index contributed by atoms with van der Waals surface area (Å²) in [4.78, 5) is 23.3. The molecule has 1 N–H and O–H groups in total. The van der Waals surface area contributed by atoms with E-state index in [2.05, 4.69) is 15.6 Å². The molecule has 106 valence electrons. The van der Waals surface area contributed by atoms with E-state index in [1.165, 1.54) is 0 Å². The van der Waals surface area contributed by atoms with E-state index in [-0.39, 0.29) is 11.8 Å². The SMILES string of the molecule is Cn1ncc2c3c([C@@H]4CCC(=O)NC4=O)noc3ccc21. The molecule has 0 aliphatic carbocycles. The second-order valence-electron chi connectivity index (χ2n) is 5.21. The Balaban J connectivity index is 1.95. The number of carbonyl (C=O) groups is 2. The molecule has 21 heavy (non-hydrogen) atoms. The van der Waals surface area contributed by atoms with E-state index in [0.29, 0.717) is 24.1 Å². The summed E-state index contributed by atoms with van der Waals surface area (Å²) in [5, 5.41) is 12.4. The first-order valence-electron chi connectivity index (χ1n) is 6.69. The number of aryl methyl sites for hydroxylation is 1. The molecule has 7 nitrogen and oxygen atoms in total. The van der Waals surface area contributed by atoms with Gasteiger partial charge in [-0.1, -0.05) is 5.16 Å². The van der Waals surface area contributed by atoms with Gasteiger partial charge in [-0.3, -0.25) is 19.6 Å². The zero-order valence-corrected chi connectivity index (χ0v) is 11.3. The predicted molar refractivity (Wildman–Crippen MR) is 73.4 cm³/mol. The Hall–Kier alpha value is -2.70. The minimum absolute atomic E-state index is 0.240. The molecule has 0 unspecified atom stereocenters. The predicted octanol–water partition coefficient (Wildman–Crippen LogP) is 1.23. The van der Waals surface area contributed by atoms with Gasteiger partial charge in [0.2, 0.25) is 11.8 Å². The number of piperidine rings is 1. The molecule has 0 radical (unpaired) electrons. The third-order valence-electron chi connectivity index (χ3n) is 3.96. The van der Waals surface area contributed by atoms with Crippen LogP contribution in [0.5, 0.6) is 0 Å². The number of benzene rings is 1. The number of aromatic nitrogens is 3. The zero-order chi connectivity index (χ0) is 14.6. The van der Waals surface area contributed by atoms with Gasteiger partial charge >= 0.3 is 0 Å². The van der Waals surface area contributed by atoms with Crippen LogP contribution in [-0.4, -0.2) is 26.8 Å². The van der Waals surface area contributed by atoms with Gasteiger partial charge in [0.1, 0.15) is 5.69 Å². The summed E-state index contributed by atoms with van der Waals surface area (Å²) in [6.07, 6.45) is 2.50. The Morgan fingerprint density at radius 1 is 1.38 bits per heavy atom. The molecule has 2 amide bonds. The maximum atomic E-state index is 12.1. The highest BCUT2D eigenvalue weighted by atomic mass is 16.5. The van der Waals surface area contributed by atoms with Crippen molar-refractivity contribution < 1.29 is 14.1 Å². The summed E-state index contributed by atoms with van der Waals surface area (Å²) in [5.41, 5.74) is 2.14. The molecule has 1 aliphatic heterocycles. The Labute approximate surface area is 118 Å². The molecular weight excluding hydrogens is 272 g/mol. The second kappa shape index (κ2) is 4.15. The Kier molecular flexibility index (Phi) is 2.38. The molecule has 0 bridgehead atoms. The van der Waals surface area contributed by atoms with Gasteiger partial charge in [0, 0.05) is 18.9 Å². The standard InChI is InChI=1S/C14H12N4O3/c1-18-9-3-4-10-12(8(9)6-15-18)13(17-21-10)7-2-5-11(19)16-14(7)20/h3-4,6-7H,2,5H2,1H3,(H,16,19,20)/t7-/m0/s1. The molecule has 1 saturated heterocycles. The van der Waals surface area contributed by atoms with Crippen LogP contribution in [0.25, 0.3) is 21.9 Å². The van der Waals surface area contributed by atoms with Crippen molar-refractivity contribution >= 4 is 33.7 Å². The van der Waals surface area contributed by atoms with Crippen molar-refractivity contribution in [2.75, 3.05) is 0 Å². The minimum Gasteiger partial charge on any atom is -0.356 e. The van der Waals surface area contributed by atoms with Gasteiger partial charge in [-0.2, -0.15) is 5.10 Å². The van der Waals surface area contributed by atoms with Crippen LogP contribution in [0, 0.1) is 0 Å². The number of amides is 2. The summed E-state index contributed by atoms with van der Waals surface area (Å²) >= 11 is 0. The summed E-state index contributed by atoms with van der Waals surface area (Å²) < 4.78 is 7.10. The average molecular weight is 284 g/mol. The van der Waals surface area contributed by atoms with Crippen LogP contribution in [0.1, 0.15) is 24.5 Å². The lowest BCUT2D eigenvalue weighted by Crippen LogP contribution is -2.39. The van der Waals surface area contributed by atoms with Gasteiger partial charge in [-0.05, 0) is 18.6 Å². The molecule has 1 aromatic carbocycles. The number of hydrogen-bond acceptors (Lipinski definition) is 5. The Morgan fingerprint density at radius 3 is 3.05 bits per heavy atom. The van der Waals surface area contributed by atoms with E-state index in [1.54, 1.807) is 10.9 Å². The molecule has 2 aromatic heterocycles. The number of carbonyl (C=O) groups excluding carboxylic acids is 2. The van der Waals surface area contributed by atoms with Crippen molar-refractivity contribution in [1.82, 2.24) is 20.3 Å². The van der Waals surface area contributed by atoms with E-state index >= 15 is 0 Å². The molecule has 3 heterocycles. The highest BCUT2D eigenvalue weighted by molar-refractivity contribution is 6.09. The molecule has 3 aromatic rings. The topological polar surface area (TPSA) is 90.0 Å². The largest absolute Gasteiger partial charge is 0.356 e. The number of rotatable bonds is 1. The van der Waals surface area contributed by atoms with Gasteiger partial charge in [-0.25, -0.2) is 0 Å². The normalized spacial score (nSPS) is 19.4. The van der Waals surface area contributed by atoms with Crippen LogP contribution in [0.2, 0.25) is 0 Å². The highest BCUT2D eigenvalue weighted by Crippen LogP contribution is 2.34. The van der Waals surface area contributed by atoms with Crippen LogP contribution in [0.15, 0.2) is 22.9 Å². The summed E-state index contributed by atoms with van der Waals surface area (Å²) in [6.45, 7) is 0. The number of nitrogens with one attached hydrogen (secondary N) is 1. The van der Waals surface area contributed by atoms with Crippen molar-refractivity contribution in [1.29, 1.82) is 0 Å². The molecule has 4 rings (SSSR count). The number of hydrogen-bond donors (Lipinski definition) is 1. The molecule has 0 spiro atoms. The summed E-state index contributed by atoms with van der Waals surface area (Å²) in [6, 6.07) is 3.73. The monoisotopic (exact) mass is 284 g/mol. The lowest BCUT2D eigenvalue weighted by atomic mass is 9.92. The van der Waals surface area contributed by atoms with Crippen molar-refractivity contribution in [3.05, 3.63) is 24.0 Å². The van der Waals surface area contributed by atoms with Gasteiger partial charge in [-0.15, -0.1) is 0 Å². The summed E-state index contributed by atoms with van der Waals surface area (Å²) in [5.74, 6) is -1.02. The first-order chi connectivity index (χ1) is 10.1. The van der Waals surface area contributed by atoms with E-state index in [9.17, 15) is 9.59 Å². The molecule has 7 heteroatoms. The zero-order valence-electron chi connectivity index (χ0n) is 11.3. The Bertz CT molecular complexity index is 892. The van der Waals surface area contributed by atoms with E-state index in [4.69, 9.17) is 4.52 Å². The quantitative estimate of drug-likeness (QED) is 0.679. The van der Waals surface area contributed by atoms with Crippen molar-refractivity contribution in [3.8, 4) is 0 Å². The third kappa shape index (κ3) is 1.67. The fraction of sp³-hybridized carbons (Fsp3) is 0.286. The van der Waals surface area contributed by atoms with E-state index in [1.807, 2.05) is 19.2 Å². The fourth-order valence-corrected chi connectivity index (χ4v) is 2.88. The van der Waals surface area contributed by atoms with Gasteiger partial charge in [0.15, 0.2) is 5.58 Å². The lowest BCUT2D eigenvalue weighted by Gasteiger charge is -2.18. The smallest absolute Gasteiger partial charge is 0.235 e. The highest BCUT2D eigenvalue weighted by Gasteiger charge is 2.32. The minimum atomic E-state index is -0.463. The molecule has 1 aliphatic rings. The van der Waals surface area contributed by atoms with Crippen molar-refractivity contribution in [2.24, 2.45) is 7.05 Å². The molecule has 1 atom stereocenters. The van der Waals surface area contributed by atoms with Gasteiger partial charge in [0.05, 0.1) is 23.0 Å². The van der Waals surface area contributed by atoms with Crippen LogP contribution in [-0.2, 0) is 16.6 Å². The van der Waals surface area contributed by atoms with Crippen molar-refractivity contribution in [2.45, 2.75) is 18.8 Å². The van der Waals surface area contributed by atoms with Crippen molar-refractivity contribution in [3.63, 3.8) is 0 Å². The van der Waals surface area contributed by atoms with E-state index in [0.717, 1.165) is 16.3 Å². The van der Waals surface area contributed by atoms with Gasteiger partial charge < -0.3 is 4.52 Å². The first-order valence-corrected chi connectivity index (χ1v) is 6.69. The van der Waals surface area contributed by atoms with E-state index < -0.39 is 5.92 Å². The van der Waals surface area contributed by atoms with Crippen LogP contribution in [0.4, 0.5) is 0 Å². The third-order valence-corrected chi connectivity index (χ3v) is 3.96. The van der Waals surface area contributed by atoms with Crippen LogP contribution < -0.4 is 5.32 Å². The maximum absolute atomic E-state index is 12.1. The maximum Gasteiger partial charge on any atom is 0.235 e. The number of nitrogens with zero attached hydrogens (tertiary/aromatic N) is 3. The Morgan fingerprint density at radius 2 is 2.24 bits per heavy atom. The lowest BCUT2D eigenvalue weighted by molar-refractivity contribution is -0.134. The number of imide groups is 1. The van der Waals surface area contributed by atoms with Crippen LogP contribution >= 0.6 is 0 Å². The molecule has 0 saturated carbocycles. The fourth-order valence-electron chi connectivity index (χ4n) is 2.88. The first kappa shape index (κ1) is 12.1. The summed E-state index contributed by atoms with van der Waals surface area (Å²) in [7, 11) is 1.85. The molecular formula is C14H12N4O3. The van der Waals surface area contributed by atoms with Crippen LogP contribution in [0.3, 0.4) is 0 Å².